The van der Waals surface area contributed by atoms with E-state index in [1.54, 1.807) is 17.6 Å². The summed E-state index contributed by atoms with van der Waals surface area (Å²) in [6.45, 7) is 5.95. The van der Waals surface area contributed by atoms with Crippen molar-refractivity contribution in [3.63, 3.8) is 0 Å². The Morgan fingerprint density at radius 2 is 1.83 bits per heavy atom. The molecule has 2 N–H and O–H groups in total. The monoisotopic (exact) mass is 343 g/mol. The van der Waals surface area contributed by atoms with Gasteiger partial charge in [0.05, 0.1) is 6.21 Å². The molecule has 24 heavy (non-hydrogen) atoms. The third-order valence-electron chi connectivity index (χ3n) is 3.38. The Morgan fingerprint density at radius 3 is 2.50 bits per heavy atom. The minimum atomic E-state index is -0.282. The van der Waals surface area contributed by atoms with Crippen molar-refractivity contribution in [2.24, 2.45) is 5.10 Å². The molecule has 0 bridgehead atoms. The molecule has 0 saturated carbocycles. The summed E-state index contributed by atoms with van der Waals surface area (Å²) in [7, 11) is 0. The van der Waals surface area contributed by atoms with Gasteiger partial charge in [0.15, 0.2) is 0 Å². The van der Waals surface area contributed by atoms with Crippen molar-refractivity contribution in [1.82, 2.24) is 5.43 Å². The van der Waals surface area contributed by atoms with Gasteiger partial charge in [-0.3, -0.25) is 9.59 Å². The van der Waals surface area contributed by atoms with Crippen molar-refractivity contribution in [2.45, 2.75) is 33.6 Å². The largest absolute Gasteiger partial charge is 0.326 e. The number of rotatable bonds is 6. The summed E-state index contributed by atoms with van der Waals surface area (Å²) in [5, 5.41) is 6.72. The SMILES string of the molecule is Cc1ccc(NC(=O)CCC(=O)N/N=C\c2ccc(C)s2)c(C)c1. The quantitative estimate of drug-likeness (QED) is 0.622. The summed E-state index contributed by atoms with van der Waals surface area (Å²) in [5.41, 5.74) is 5.36. The zero-order chi connectivity index (χ0) is 17.5. The fourth-order valence-electron chi connectivity index (χ4n) is 2.14. The van der Waals surface area contributed by atoms with E-state index in [0.29, 0.717) is 0 Å². The number of thiophene rings is 1. The molecule has 0 aliphatic rings. The van der Waals surface area contributed by atoms with Gasteiger partial charge in [0.25, 0.3) is 0 Å². The lowest BCUT2D eigenvalue weighted by Gasteiger charge is -2.08. The van der Waals surface area contributed by atoms with Crippen LogP contribution in [0.15, 0.2) is 35.4 Å². The molecule has 1 aromatic carbocycles. The zero-order valence-electron chi connectivity index (χ0n) is 14.1. The molecule has 5 nitrogen and oxygen atoms in total. The molecule has 0 spiro atoms. The number of nitrogens with zero attached hydrogens (tertiary/aromatic N) is 1. The van der Waals surface area contributed by atoms with E-state index in [-0.39, 0.29) is 24.7 Å². The highest BCUT2D eigenvalue weighted by Gasteiger charge is 2.08. The van der Waals surface area contributed by atoms with Gasteiger partial charge >= 0.3 is 0 Å². The van der Waals surface area contributed by atoms with Crippen LogP contribution in [0.3, 0.4) is 0 Å². The normalized spacial score (nSPS) is 10.8. The van der Waals surface area contributed by atoms with E-state index >= 15 is 0 Å². The van der Waals surface area contributed by atoms with Gasteiger partial charge in [-0.25, -0.2) is 5.43 Å². The van der Waals surface area contributed by atoms with Crippen LogP contribution in [0, 0.1) is 20.8 Å². The van der Waals surface area contributed by atoms with E-state index in [1.807, 2.05) is 51.1 Å². The van der Waals surface area contributed by atoms with E-state index in [0.717, 1.165) is 21.7 Å². The van der Waals surface area contributed by atoms with Crippen LogP contribution in [0.25, 0.3) is 0 Å². The standard InChI is InChI=1S/C18H21N3O2S/c1-12-4-7-16(13(2)10-12)20-17(22)8-9-18(23)21-19-11-15-6-5-14(3)24-15/h4-7,10-11H,8-9H2,1-3H3,(H,20,22)(H,21,23)/b19-11-. The maximum absolute atomic E-state index is 11.9. The first-order valence-corrected chi connectivity index (χ1v) is 8.51. The van der Waals surface area contributed by atoms with Gasteiger partial charge in [0.1, 0.15) is 0 Å². The van der Waals surface area contributed by atoms with Gasteiger partial charge in [0, 0.05) is 28.3 Å². The van der Waals surface area contributed by atoms with Crippen molar-refractivity contribution in [3.05, 3.63) is 51.2 Å². The Bertz CT molecular complexity index is 765. The van der Waals surface area contributed by atoms with Gasteiger partial charge in [0.2, 0.25) is 11.8 Å². The summed E-state index contributed by atoms with van der Waals surface area (Å²) in [5.74, 6) is -0.467. The summed E-state index contributed by atoms with van der Waals surface area (Å²) < 4.78 is 0. The third-order valence-corrected chi connectivity index (χ3v) is 4.31. The van der Waals surface area contributed by atoms with Crippen LogP contribution in [-0.2, 0) is 9.59 Å². The highest BCUT2D eigenvalue weighted by atomic mass is 32.1. The lowest BCUT2D eigenvalue weighted by atomic mass is 10.1. The van der Waals surface area contributed by atoms with Crippen molar-refractivity contribution >= 4 is 35.1 Å². The number of nitrogens with one attached hydrogen (secondary N) is 2. The molecule has 1 heterocycles. The number of hydrazone groups is 1. The Hall–Kier alpha value is -2.47. The Kier molecular flexibility index (Phi) is 6.26. The van der Waals surface area contributed by atoms with Crippen LogP contribution in [0.1, 0.15) is 33.7 Å². The number of hydrogen-bond acceptors (Lipinski definition) is 4. The fraction of sp³-hybridized carbons (Fsp3) is 0.278. The van der Waals surface area contributed by atoms with Gasteiger partial charge in [-0.05, 0) is 44.5 Å². The second kappa shape index (κ2) is 8.40. The van der Waals surface area contributed by atoms with Crippen molar-refractivity contribution < 1.29 is 9.59 Å². The van der Waals surface area contributed by atoms with Crippen molar-refractivity contribution in [2.75, 3.05) is 5.32 Å². The molecule has 126 valence electrons. The summed E-state index contributed by atoms with van der Waals surface area (Å²) in [6.07, 6.45) is 1.82. The second-order valence-corrected chi connectivity index (χ2v) is 6.93. The van der Waals surface area contributed by atoms with E-state index in [1.165, 1.54) is 4.88 Å². The van der Waals surface area contributed by atoms with E-state index < -0.39 is 0 Å². The molecular formula is C18H21N3O2S. The molecule has 1 aromatic heterocycles. The lowest BCUT2D eigenvalue weighted by molar-refractivity contribution is -0.124. The molecule has 0 atom stereocenters. The fourth-order valence-corrected chi connectivity index (χ4v) is 2.89. The van der Waals surface area contributed by atoms with Crippen LogP contribution >= 0.6 is 11.3 Å². The molecule has 0 fully saturated rings. The first-order valence-electron chi connectivity index (χ1n) is 7.69. The van der Waals surface area contributed by atoms with Crippen LogP contribution in [0.4, 0.5) is 5.69 Å². The van der Waals surface area contributed by atoms with Gasteiger partial charge in [-0.2, -0.15) is 5.10 Å². The average molecular weight is 343 g/mol. The van der Waals surface area contributed by atoms with Crippen molar-refractivity contribution in [1.29, 1.82) is 0 Å². The third kappa shape index (κ3) is 5.62. The molecule has 2 aromatic rings. The maximum atomic E-state index is 11.9. The lowest BCUT2D eigenvalue weighted by Crippen LogP contribution is -2.20. The van der Waals surface area contributed by atoms with E-state index in [2.05, 4.69) is 15.8 Å². The minimum absolute atomic E-state index is 0.0948. The molecule has 2 amide bonds. The highest BCUT2D eigenvalue weighted by Crippen LogP contribution is 2.16. The van der Waals surface area contributed by atoms with E-state index in [9.17, 15) is 9.59 Å². The van der Waals surface area contributed by atoms with E-state index in [4.69, 9.17) is 0 Å². The van der Waals surface area contributed by atoms with Crippen LogP contribution in [-0.4, -0.2) is 18.0 Å². The molecular weight excluding hydrogens is 322 g/mol. The van der Waals surface area contributed by atoms with Crippen molar-refractivity contribution in [3.8, 4) is 0 Å². The van der Waals surface area contributed by atoms with Crippen LogP contribution < -0.4 is 10.7 Å². The second-order valence-electron chi connectivity index (χ2n) is 5.61. The highest BCUT2D eigenvalue weighted by molar-refractivity contribution is 7.13. The molecule has 0 aliphatic heterocycles. The molecule has 0 unspecified atom stereocenters. The minimum Gasteiger partial charge on any atom is -0.326 e. The molecule has 2 rings (SSSR count). The van der Waals surface area contributed by atoms with Crippen LogP contribution in [0.5, 0.6) is 0 Å². The van der Waals surface area contributed by atoms with Gasteiger partial charge < -0.3 is 5.32 Å². The molecule has 0 aliphatic carbocycles. The number of aryl methyl sites for hydroxylation is 3. The first kappa shape index (κ1) is 17.9. The topological polar surface area (TPSA) is 70.6 Å². The van der Waals surface area contributed by atoms with Gasteiger partial charge in [-0.1, -0.05) is 17.7 Å². The first-order chi connectivity index (χ1) is 11.4. The smallest absolute Gasteiger partial charge is 0.240 e. The molecule has 0 saturated heterocycles. The average Bonchev–Trinajstić information content (AvgIpc) is 2.93. The number of benzene rings is 1. The summed E-state index contributed by atoms with van der Waals surface area (Å²) in [4.78, 5) is 25.8. The summed E-state index contributed by atoms with van der Waals surface area (Å²) >= 11 is 1.60. The maximum Gasteiger partial charge on any atom is 0.240 e. The van der Waals surface area contributed by atoms with Crippen LogP contribution in [0.2, 0.25) is 0 Å². The molecule has 6 heteroatoms. The Morgan fingerprint density at radius 1 is 1.08 bits per heavy atom. The molecule has 0 radical (unpaired) electrons. The summed E-state index contributed by atoms with van der Waals surface area (Å²) in [6, 6.07) is 9.74. The Balaban J connectivity index is 1.74. The number of amides is 2. The predicted octanol–water partition coefficient (Wildman–Crippen LogP) is 3.54. The predicted molar refractivity (Wildman–Crippen MR) is 98.6 cm³/mol. The number of carbonyl (C=O) groups excluding carboxylic acids is 2. The van der Waals surface area contributed by atoms with Gasteiger partial charge in [-0.15, -0.1) is 11.3 Å². The zero-order valence-corrected chi connectivity index (χ0v) is 14.9. The number of anilines is 1. The Labute approximate surface area is 145 Å². The number of hydrogen-bond donors (Lipinski definition) is 2. The number of carbonyl (C=O) groups is 2.